The number of carbonyl (C=O) groups is 2. The van der Waals surface area contributed by atoms with Crippen molar-refractivity contribution in [1.82, 2.24) is 10.6 Å². The van der Waals surface area contributed by atoms with Crippen molar-refractivity contribution in [1.29, 1.82) is 0 Å². The predicted octanol–water partition coefficient (Wildman–Crippen LogP) is 2.83. The molecule has 4 nitrogen and oxygen atoms in total. The third-order valence-corrected chi connectivity index (χ3v) is 3.63. The molecule has 0 fully saturated rings. The number of fused-ring (bicyclic) bond motifs is 1. The van der Waals surface area contributed by atoms with Crippen molar-refractivity contribution in [2.75, 3.05) is 13.1 Å². The summed E-state index contributed by atoms with van der Waals surface area (Å²) in [7, 11) is 0. The average Bonchev–Trinajstić information content (AvgIpc) is 2.55. The molecule has 1 aromatic rings. The summed E-state index contributed by atoms with van der Waals surface area (Å²) >= 11 is 0. The molecule has 0 amide bonds. The van der Waals surface area contributed by atoms with E-state index in [-0.39, 0.29) is 11.6 Å². The van der Waals surface area contributed by atoms with Crippen molar-refractivity contribution in [3.8, 4) is 0 Å². The molecule has 0 unspecified atom stereocenters. The van der Waals surface area contributed by atoms with Crippen LogP contribution in [0.1, 0.15) is 46.9 Å². The fourth-order valence-electron chi connectivity index (χ4n) is 2.48. The molecule has 4 heteroatoms. The van der Waals surface area contributed by atoms with Crippen LogP contribution in [-0.2, 0) is 0 Å². The number of benzene rings is 1. The molecule has 0 aromatic heterocycles. The lowest BCUT2D eigenvalue weighted by Gasteiger charge is -2.22. The van der Waals surface area contributed by atoms with Crippen LogP contribution in [0.15, 0.2) is 48.3 Å². The number of carbonyl (C=O) groups excluding carboxylic acids is 2. The quantitative estimate of drug-likeness (QED) is 0.572. The van der Waals surface area contributed by atoms with E-state index in [1.165, 1.54) is 0 Å². The van der Waals surface area contributed by atoms with Gasteiger partial charge in [0.05, 0.1) is 0 Å². The fourth-order valence-corrected chi connectivity index (χ4v) is 2.48. The number of Topliss-reactive ketones (excluding diaryl/α,β-unsaturated/α-hetero) is 2. The van der Waals surface area contributed by atoms with Gasteiger partial charge in [-0.05, 0) is 6.42 Å². The highest BCUT2D eigenvalue weighted by Gasteiger charge is 2.31. The van der Waals surface area contributed by atoms with Crippen molar-refractivity contribution in [2.24, 2.45) is 0 Å². The molecule has 116 valence electrons. The minimum absolute atomic E-state index is 0.127. The normalized spacial score (nSPS) is 13.9. The fraction of sp³-hybridized carbons (Fsp3) is 0.333. The molecular formula is C18H22N2O2. The van der Waals surface area contributed by atoms with Gasteiger partial charge in [0.2, 0.25) is 11.6 Å². The minimum atomic E-state index is -0.143. The van der Waals surface area contributed by atoms with Gasteiger partial charge in [-0.15, -0.1) is 6.58 Å². The maximum Gasteiger partial charge on any atom is 0.211 e. The molecular weight excluding hydrogens is 276 g/mol. The second-order valence-corrected chi connectivity index (χ2v) is 5.26. The summed E-state index contributed by atoms with van der Waals surface area (Å²) in [6, 6.07) is 6.95. The highest BCUT2D eigenvalue weighted by Crippen LogP contribution is 2.23. The predicted molar refractivity (Wildman–Crippen MR) is 87.9 cm³/mol. The van der Waals surface area contributed by atoms with Crippen LogP contribution in [0.4, 0.5) is 0 Å². The van der Waals surface area contributed by atoms with Gasteiger partial charge in [-0.1, -0.05) is 50.1 Å². The van der Waals surface area contributed by atoms with Gasteiger partial charge in [-0.3, -0.25) is 9.59 Å². The van der Waals surface area contributed by atoms with E-state index in [0.29, 0.717) is 35.6 Å². The van der Waals surface area contributed by atoms with E-state index in [1.807, 2.05) is 0 Å². The van der Waals surface area contributed by atoms with Gasteiger partial charge >= 0.3 is 0 Å². The molecule has 0 radical (unpaired) electrons. The molecule has 0 spiro atoms. The van der Waals surface area contributed by atoms with E-state index in [2.05, 4.69) is 24.1 Å². The van der Waals surface area contributed by atoms with Crippen molar-refractivity contribution in [3.05, 3.63) is 59.4 Å². The number of allylic oxidation sites excluding steroid dienone is 2. The van der Waals surface area contributed by atoms with Crippen molar-refractivity contribution < 1.29 is 9.59 Å². The molecule has 2 N–H and O–H groups in total. The Morgan fingerprint density at radius 2 is 1.59 bits per heavy atom. The number of ketones is 2. The first-order valence-electron chi connectivity index (χ1n) is 7.72. The maximum absolute atomic E-state index is 12.7. The van der Waals surface area contributed by atoms with E-state index in [4.69, 9.17) is 0 Å². The number of hydrogen-bond acceptors (Lipinski definition) is 4. The molecule has 0 saturated carbocycles. The van der Waals surface area contributed by atoms with E-state index in [0.717, 1.165) is 19.3 Å². The molecule has 1 aromatic carbocycles. The highest BCUT2D eigenvalue weighted by atomic mass is 16.1. The summed E-state index contributed by atoms with van der Waals surface area (Å²) in [5.41, 5.74) is 1.65. The van der Waals surface area contributed by atoms with Crippen LogP contribution in [0.2, 0.25) is 0 Å². The maximum atomic E-state index is 12.7. The summed E-state index contributed by atoms with van der Waals surface area (Å²) in [6.07, 6.45) is 4.84. The lowest BCUT2D eigenvalue weighted by atomic mass is 9.90. The van der Waals surface area contributed by atoms with Gasteiger partial charge in [0.25, 0.3) is 0 Å². The first-order valence-corrected chi connectivity index (χ1v) is 7.72. The zero-order valence-electron chi connectivity index (χ0n) is 12.9. The SMILES string of the molecule is C=CCNC1=C(NCCCCC)C(=O)c2ccccc2C1=O. The van der Waals surface area contributed by atoms with Crippen LogP contribution in [-0.4, -0.2) is 24.7 Å². The van der Waals surface area contributed by atoms with Gasteiger partial charge in [0.15, 0.2) is 0 Å². The third-order valence-electron chi connectivity index (χ3n) is 3.63. The second kappa shape index (κ2) is 7.59. The van der Waals surface area contributed by atoms with Crippen molar-refractivity contribution in [2.45, 2.75) is 26.2 Å². The van der Waals surface area contributed by atoms with Crippen LogP contribution in [0, 0.1) is 0 Å². The Bertz CT molecular complexity index is 617. The van der Waals surface area contributed by atoms with E-state index in [1.54, 1.807) is 30.3 Å². The number of hydrogen-bond donors (Lipinski definition) is 2. The molecule has 1 aliphatic carbocycles. The summed E-state index contributed by atoms with van der Waals surface area (Å²) in [5, 5.41) is 6.16. The number of unbranched alkanes of at least 4 members (excludes halogenated alkanes) is 2. The zero-order chi connectivity index (χ0) is 15.9. The molecule has 0 saturated heterocycles. The largest absolute Gasteiger partial charge is 0.380 e. The van der Waals surface area contributed by atoms with Gasteiger partial charge < -0.3 is 10.6 Å². The Kier molecular flexibility index (Phi) is 5.53. The van der Waals surface area contributed by atoms with Crippen LogP contribution in [0.25, 0.3) is 0 Å². The monoisotopic (exact) mass is 298 g/mol. The Labute approximate surface area is 131 Å². The Hall–Kier alpha value is -2.36. The van der Waals surface area contributed by atoms with Crippen LogP contribution in [0.5, 0.6) is 0 Å². The standard InChI is InChI=1S/C18H22N2O2/c1-3-5-8-12-20-16-15(19-11-4-2)17(21)13-9-6-7-10-14(13)18(16)22/h4,6-7,9-10,19-20H,2-3,5,8,11-12H2,1H3. The van der Waals surface area contributed by atoms with Gasteiger partial charge in [-0.25, -0.2) is 0 Å². The van der Waals surface area contributed by atoms with Gasteiger partial charge in [-0.2, -0.15) is 0 Å². The first-order chi connectivity index (χ1) is 10.7. The first kappa shape index (κ1) is 16.0. The molecule has 2 rings (SSSR count). The molecule has 1 aliphatic rings. The van der Waals surface area contributed by atoms with Crippen molar-refractivity contribution in [3.63, 3.8) is 0 Å². The topological polar surface area (TPSA) is 58.2 Å². The van der Waals surface area contributed by atoms with Gasteiger partial charge in [0.1, 0.15) is 11.4 Å². The Morgan fingerprint density at radius 1 is 1.00 bits per heavy atom. The van der Waals surface area contributed by atoms with Crippen LogP contribution in [0.3, 0.4) is 0 Å². The Morgan fingerprint density at radius 3 is 2.14 bits per heavy atom. The summed E-state index contributed by atoms with van der Waals surface area (Å²) < 4.78 is 0. The van der Waals surface area contributed by atoms with Crippen LogP contribution < -0.4 is 10.6 Å². The molecule has 0 heterocycles. The number of nitrogens with one attached hydrogen (secondary N) is 2. The molecule has 0 atom stereocenters. The van der Waals surface area contributed by atoms with Gasteiger partial charge in [0, 0.05) is 24.2 Å². The number of rotatable bonds is 8. The van der Waals surface area contributed by atoms with Crippen LogP contribution >= 0.6 is 0 Å². The molecule has 22 heavy (non-hydrogen) atoms. The summed E-state index contributed by atoms with van der Waals surface area (Å²) in [6.45, 7) is 6.90. The van der Waals surface area contributed by atoms with E-state index in [9.17, 15) is 9.59 Å². The molecule has 0 aliphatic heterocycles. The lowest BCUT2D eigenvalue weighted by molar-refractivity contribution is 0.0963. The molecule has 0 bridgehead atoms. The van der Waals surface area contributed by atoms with Crippen molar-refractivity contribution >= 4 is 11.6 Å². The third kappa shape index (κ3) is 3.27. The summed E-state index contributed by atoms with van der Waals surface area (Å²) in [5.74, 6) is -0.270. The minimum Gasteiger partial charge on any atom is -0.380 e. The second-order valence-electron chi connectivity index (χ2n) is 5.26. The highest BCUT2D eigenvalue weighted by molar-refractivity contribution is 6.26. The van der Waals surface area contributed by atoms with E-state index < -0.39 is 0 Å². The zero-order valence-corrected chi connectivity index (χ0v) is 12.9. The summed E-state index contributed by atoms with van der Waals surface area (Å²) in [4.78, 5) is 25.3. The Balaban J connectivity index is 2.31. The smallest absolute Gasteiger partial charge is 0.211 e. The average molecular weight is 298 g/mol. The van der Waals surface area contributed by atoms with E-state index >= 15 is 0 Å². The lowest BCUT2D eigenvalue weighted by Crippen LogP contribution is -2.36.